The van der Waals surface area contributed by atoms with Gasteiger partial charge in [-0.2, -0.15) is 0 Å². The number of hydrogen-bond acceptors (Lipinski definition) is 6. The summed E-state index contributed by atoms with van der Waals surface area (Å²) >= 11 is 0. The van der Waals surface area contributed by atoms with E-state index in [1.54, 1.807) is 6.08 Å². The minimum atomic E-state index is -4.60. The molecule has 0 fully saturated rings. The highest BCUT2D eigenvalue weighted by molar-refractivity contribution is 7.45. The van der Waals surface area contributed by atoms with E-state index in [0.29, 0.717) is 17.4 Å². The highest BCUT2D eigenvalue weighted by Crippen LogP contribution is 2.38. The molecule has 3 atom stereocenters. The lowest BCUT2D eigenvalue weighted by Gasteiger charge is -2.29. The molecule has 0 aromatic heterocycles. The van der Waals surface area contributed by atoms with E-state index in [9.17, 15) is 19.4 Å². The Balaban J connectivity index is 4.10. The van der Waals surface area contributed by atoms with Gasteiger partial charge in [-0.05, 0) is 44.9 Å². The third-order valence-electron chi connectivity index (χ3n) is 15.2. The average molecular weight is 1070 g/mol. The van der Waals surface area contributed by atoms with Gasteiger partial charge in [0.2, 0.25) is 5.91 Å². The second-order valence-electron chi connectivity index (χ2n) is 23.8. The fourth-order valence-corrected chi connectivity index (χ4v) is 10.8. The van der Waals surface area contributed by atoms with Crippen LogP contribution >= 0.6 is 7.82 Å². The van der Waals surface area contributed by atoms with Crippen LogP contribution in [0.25, 0.3) is 0 Å². The predicted octanol–water partition coefficient (Wildman–Crippen LogP) is 19.7. The summed E-state index contributed by atoms with van der Waals surface area (Å²) in [5.74, 6) is -0.192. The van der Waals surface area contributed by atoms with Gasteiger partial charge in [0.05, 0.1) is 39.9 Å². The number of unbranched alkanes of at least 4 members (excludes halogenated alkanes) is 46. The number of carbonyl (C=O) groups excluding carboxylic acids is 1. The van der Waals surface area contributed by atoms with Crippen LogP contribution in [0.15, 0.2) is 24.3 Å². The van der Waals surface area contributed by atoms with Crippen LogP contribution in [0.2, 0.25) is 0 Å². The molecule has 0 aromatic rings. The fourth-order valence-electron chi connectivity index (χ4n) is 10.0. The molecule has 3 unspecified atom stereocenters. The van der Waals surface area contributed by atoms with Crippen molar-refractivity contribution in [3.8, 4) is 0 Å². The van der Waals surface area contributed by atoms with Crippen molar-refractivity contribution in [1.29, 1.82) is 0 Å². The number of nitrogens with zero attached hydrogens (tertiary/aromatic N) is 1. The van der Waals surface area contributed by atoms with Crippen molar-refractivity contribution in [2.75, 3.05) is 40.9 Å². The molecule has 0 aliphatic carbocycles. The molecule has 2 N–H and O–H groups in total. The van der Waals surface area contributed by atoms with E-state index in [2.05, 4.69) is 31.3 Å². The van der Waals surface area contributed by atoms with Gasteiger partial charge in [-0.3, -0.25) is 9.36 Å². The van der Waals surface area contributed by atoms with Crippen molar-refractivity contribution in [3.63, 3.8) is 0 Å². The van der Waals surface area contributed by atoms with E-state index in [0.717, 1.165) is 38.5 Å². The molecule has 440 valence electrons. The quantitative estimate of drug-likeness (QED) is 0.0272. The number of phosphoric ester groups is 1. The zero-order chi connectivity index (χ0) is 54.2. The summed E-state index contributed by atoms with van der Waals surface area (Å²) in [6, 6.07) is -0.886. The second kappa shape index (κ2) is 56.7. The number of hydrogen-bond donors (Lipinski definition) is 2. The van der Waals surface area contributed by atoms with E-state index >= 15 is 0 Å². The van der Waals surface area contributed by atoms with Gasteiger partial charge in [0.15, 0.2) is 0 Å². The Bertz CT molecular complexity index is 1260. The minimum Gasteiger partial charge on any atom is -0.756 e. The topological polar surface area (TPSA) is 108 Å². The number of quaternary nitrogens is 1. The molecule has 9 heteroatoms. The summed E-state index contributed by atoms with van der Waals surface area (Å²) < 4.78 is 23.4. The van der Waals surface area contributed by atoms with E-state index in [4.69, 9.17) is 9.05 Å². The molecule has 0 aromatic carbocycles. The Morgan fingerprint density at radius 3 is 1.05 bits per heavy atom. The molecule has 74 heavy (non-hydrogen) atoms. The van der Waals surface area contributed by atoms with E-state index in [-0.39, 0.29) is 19.1 Å². The van der Waals surface area contributed by atoms with Crippen molar-refractivity contribution in [1.82, 2.24) is 5.32 Å². The molecule has 1 amide bonds. The SMILES string of the molecule is CCCCCCCCCC/C=C\CCCCCCCCCCCCCC(=O)NC(COP(=O)([O-])OCC[N+](C)(C)C)C(O)/C=C/CCCCCCCCCCCCCCCCCCCCCCCCCCCCC. The molecule has 8 nitrogen and oxygen atoms in total. The smallest absolute Gasteiger partial charge is 0.268 e. The third-order valence-corrected chi connectivity index (χ3v) is 16.1. The summed E-state index contributed by atoms with van der Waals surface area (Å²) in [6.07, 6.45) is 72.8. The molecule has 0 saturated heterocycles. The number of amides is 1. The number of aliphatic hydroxyl groups is 1. The van der Waals surface area contributed by atoms with Crippen LogP contribution in [-0.2, 0) is 18.4 Å². The van der Waals surface area contributed by atoms with Gasteiger partial charge in [-0.15, -0.1) is 0 Å². The van der Waals surface area contributed by atoms with Crippen LogP contribution in [0.4, 0.5) is 0 Å². The van der Waals surface area contributed by atoms with E-state index in [1.165, 1.54) is 276 Å². The zero-order valence-electron chi connectivity index (χ0n) is 50.3. The molecule has 0 aliphatic heterocycles. The normalized spacial score (nSPS) is 13.9. The predicted molar refractivity (Wildman–Crippen MR) is 321 cm³/mol. The average Bonchev–Trinajstić information content (AvgIpc) is 3.36. The van der Waals surface area contributed by atoms with Gasteiger partial charge in [-0.25, -0.2) is 0 Å². The lowest BCUT2D eigenvalue weighted by atomic mass is 10.0. The summed E-state index contributed by atoms with van der Waals surface area (Å²) in [6.45, 7) is 4.70. The molecule has 0 saturated carbocycles. The van der Waals surface area contributed by atoms with Crippen molar-refractivity contribution in [3.05, 3.63) is 24.3 Å². The van der Waals surface area contributed by atoms with Crippen LogP contribution in [0.1, 0.15) is 335 Å². The third kappa shape index (κ3) is 58.7. The number of likely N-dealkylation sites (N-methyl/N-ethyl adjacent to an activating group) is 1. The summed E-state index contributed by atoms with van der Waals surface area (Å²) in [5, 5.41) is 13.9. The highest BCUT2D eigenvalue weighted by Gasteiger charge is 2.23. The second-order valence-corrected chi connectivity index (χ2v) is 25.2. The maximum absolute atomic E-state index is 13.0. The molecule has 0 spiro atoms. The van der Waals surface area contributed by atoms with Crippen molar-refractivity contribution in [2.45, 2.75) is 347 Å². The van der Waals surface area contributed by atoms with E-state index < -0.39 is 20.0 Å². The number of phosphoric acid groups is 1. The maximum Gasteiger partial charge on any atom is 0.268 e. The molecular formula is C65H129N2O6P. The van der Waals surface area contributed by atoms with Gasteiger partial charge in [0.1, 0.15) is 13.2 Å². The molecule has 0 radical (unpaired) electrons. The number of carbonyl (C=O) groups is 1. The lowest BCUT2D eigenvalue weighted by Crippen LogP contribution is -2.45. The molecule has 0 heterocycles. The zero-order valence-corrected chi connectivity index (χ0v) is 51.2. The van der Waals surface area contributed by atoms with Crippen LogP contribution in [0, 0.1) is 0 Å². The summed E-state index contributed by atoms with van der Waals surface area (Å²) in [5.41, 5.74) is 0. The first-order valence-corrected chi connectivity index (χ1v) is 34.2. The molecule has 0 aliphatic rings. The van der Waals surface area contributed by atoms with Crippen molar-refractivity contribution in [2.24, 2.45) is 0 Å². The standard InChI is InChI=1S/C65H129N2O6P/c1-6-8-10-12-14-16-18-20-22-24-26-28-30-31-32-33-34-35-37-38-40-42-44-46-48-50-52-54-56-58-64(68)63(62-73-74(70,71)72-61-60-67(3,4)5)66-65(69)59-57-55-53-51-49-47-45-43-41-39-36-29-27-25-23-21-19-17-15-13-11-9-7-2/h25,27,56,58,63-64,68H,6-24,26,28-55,57,59-62H2,1-5H3,(H-,66,69,70,71)/b27-25-,58-56+. The Morgan fingerprint density at radius 1 is 0.459 bits per heavy atom. The molecule has 0 rings (SSSR count). The van der Waals surface area contributed by atoms with Crippen LogP contribution < -0.4 is 10.2 Å². The van der Waals surface area contributed by atoms with Gasteiger partial charge in [0.25, 0.3) is 7.82 Å². The first-order valence-electron chi connectivity index (χ1n) is 32.7. The first-order chi connectivity index (χ1) is 36.0. The summed E-state index contributed by atoms with van der Waals surface area (Å²) in [7, 11) is 1.28. The lowest BCUT2D eigenvalue weighted by molar-refractivity contribution is -0.870. The van der Waals surface area contributed by atoms with E-state index in [1.807, 2.05) is 27.2 Å². The first kappa shape index (κ1) is 73.0. The Labute approximate surface area is 462 Å². The van der Waals surface area contributed by atoms with Crippen molar-refractivity contribution < 1.29 is 32.9 Å². The summed E-state index contributed by atoms with van der Waals surface area (Å²) in [4.78, 5) is 25.6. The monoisotopic (exact) mass is 1060 g/mol. The maximum atomic E-state index is 13.0. The molecule has 0 bridgehead atoms. The van der Waals surface area contributed by atoms with Crippen molar-refractivity contribution >= 4 is 13.7 Å². The fraction of sp³-hybridized carbons (Fsp3) is 0.923. The van der Waals surface area contributed by atoms with Gasteiger partial charge < -0.3 is 28.8 Å². The van der Waals surface area contributed by atoms with Crippen LogP contribution in [0.3, 0.4) is 0 Å². The van der Waals surface area contributed by atoms with Crippen LogP contribution in [0.5, 0.6) is 0 Å². The number of rotatable bonds is 61. The largest absolute Gasteiger partial charge is 0.756 e. The van der Waals surface area contributed by atoms with Crippen LogP contribution in [-0.4, -0.2) is 68.5 Å². The Hall–Kier alpha value is -1.02. The Kier molecular flexibility index (Phi) is 55.9. The molecular weight excluding hydrogens is 936 g/mol. The minimum absolute atomic E-state index is 0.000946. The highest BCUT2D eigenvalue weighted by atomic mass is 31.2. The van der Waals surface area contributed by atoms with Gasteiger partial charge in [0, 0.05) is 6.42 Å². The number of allylic oxidation sites excluding steroid dienone is 3. The Morgan fingerprint density at radius 2 is 0.743 bits per heavy atom. The number of nitrogens with one attached hydrogen (secondary N) is 1. The van der Waals surface area contributed by atoms with Gasteiger partial charge >= 0.3 is 0 Å². The van der Waals surface area contributed by atoms with Gasteiger partial charge in [-0.1, -0.05) is 308 Å². The number of aliphatic hydroxyl groups excluding tert-OH is 1.